The first-order chi connectivity index (χ1) is 8.69. The van der Waals surface area contributed by atoms with E-state index < -0.39 is 10.8 Å². The van der Waals surface area contributed by atoms with Crippen LogP contribution in [0, 0.1) is 15.5 Å². The standard InChI is InChI=1S/C12H18ClN3O3/c1-12(2,3)6-8(13)7-14-11(17)9-4-5-10(15-9)16(18)19/h4-5,8,15H,6-7H2,1-3H3,(H,14,17). The van der Waals surface area contributed by atoms with Crippen molar-refractivity contribution in [3.05, 3.63) is 27.9 Å². The first-order valence-corrected chi connectivity index (χ1v) is 6.38. The first-order valence-electron chi connectivity index (χ1n) is 5.95. The van der Waals surface area contributed by atoms with E-state index >= 15 is 0 Å². The van der Waals surface area contributed by atoms with Crippen LogP contribution in [-0.2, 0) is 0 Å². The molecule has 19 heavy (non-hydrogen) atoms. The van der Waals surface area contributed by atoms with E-state index in [0.29, 0.717) is 6.54 Å². The fourth-order valence-corrected chi connectivity index (χ4v) is 2.20. The summed E-state index contributed by atoms with van der Waals surface area (Å²) in [5.41, 5.74) is 0.244. The minimum absolute atomic E-state index is 0.0857. The monoisotopic (exact) mass is 287 g/mol. The number of nitro groups is 1. The number of H-pyrrole nitrogens is 1. The minimum Gasteiger partial charge on any atom is -0.358 e. The van der Waals surface area contributed by atoms with Crippen molar-refractivity contribution in [3.63, 3.8) is 0 Å². The highest BCUT2D eigenvalue weighted by Crippen LogP contribution is 2.23. The Bertz CT molecular complexity index is 465. The van der Waals surface area contributed by atoms with Crippen LogP contribution in [0.5, 0.6) is 0 Å². The highest BCUT2D eigenvalue weighted by molar-refractivity contribution is 6.21. The first kappa shape index (κ1) is 15.5. The van der Waals surface area contributed by atoms with Crippen LogP contribution in [0.15, 0.2) is 12.1 Å². The SMILES string of the molecule is CC(C)(C)CC(Cl)CNC(=O)c1ccc([N+](=O)[O-])[nH]1. The van der Waals surface area contributed by atoms with Crippen LogP contribution in [-0.4, -0.2) is 27.7 Å². The molecule has 0 saturated heterocycles. The molecule has 0 radical (unpaired) electrons. The van der Waals surface area contributed by atoms with E-state index in [-0.39, 0.29) is 22.3 Å². The second kappa shape index (κ2) is 6.06. The number of nitrogens with one attached hydrogen (secondary N) is 2. The molecule has 1 unspecified atom stereocenters. The van der Waals surface area contributed by atoms with Gasteiger partial charge in [-0.2, -0.15) is 0 Å². The molecule has 0 aliphatic carbocycles. The Morgan fingerprint density at radius 3 is 2.63 bits per heavy atom. The predicted molar refractivity (Wildman–Crippen MR) is 73.5 cm³/mol. The van der Waals surface area contributed by atoms with Crippen LogP contribution in [0.2, 0.25) is 0 Å². The molecule has 1 amide bonds. The molecule has 2 N–H and O–H groups in total. The van der Waals surface area contributed by atoms with Gasteiger partial charge in [0.2, 0.25) is 0 Å². The number of alkyl halides is 1. The number of nitrogens with zero attached hydrogens (tertiary/aromatic N) is 1. The summed E-state index contributed by atoms with van der Waals surface area (Å²) in [6.45, 7) is 6.53. The maximum atomic E-state index is 11.7. The average Bonchev–Trinajstić information content (AvgIpc) is 2.72. The molecule has 0 aliphatic heterocycles. The van der Waals surface area contributed by atoms with Gasteiger partial charge in [0, 0.05) is 12.6 Å². The van der Waals surface area contributed by atoms with Crippen LogP contribution in [0.4, 0.5) is 5.82 Å². The van der Waals surface area contributed by atoms with Gasteiger partial charge in [0.1, 0.15) is 0 Å². The average molecular weight is 288 g/mol. The molecule has 0 fully saturated rings. The van der Waals surface area contributed by atoms with Gasteiger partial charge in [0.05, 0.1) is 5.38 Å². The van der Waals surface area contributed by atoms with Crippen molar-refractivity contribution in [2.45, 2.75) is 32.6 Å². The third-order valence-electron chi connectivity index (χ3n) is 2.43. The lowest BCUT2D eigenvalue weighted by atomic mass is 9.90. The van der Waals surface area contributed by atoms with E-state index in [1.807, 2.05) is 0 Å². The van der Waals surface area contributed by atoms with Crippen molar-refractivity contribution in [3.8, 4) is 0 Å². The molecule has 106 valence electrons. The summed E-state index contributed by atoms with van der Waals surface area (Å²) in [7, 11) is 0. The fourth-order valence-electron chi connectivity index (χ4n) is 1.66. The Balaban J connectivity index is 2.49. The van der Waals surface area contributed by atoms with Gasteiger partial charge < -0.3 is 15.4 Å². The Kier molecular flexibility index (Phi) is 4.94. The molecule has 1 aromatic heterocycles. The summed E-state index contributed by atoms with van der Waals surface area (Å²) in [6.07, 6.45) is 0.764. The molecular weight excluding hydrogens is 270 g/mol. The van der Waals surface area contributed by atoms with E-state index in [1.54, 1.807) is 0 Å². The van der Waals surface area contributed by atoms with Crippen LogP contribution < -0.4 is 5.32 Å². The molecule has 6 nitrogen and oxygen atoms in total. The van der Waals surface area contributed by atoms with Gasteiger partial charge in [-0.1, -0.05) is 20.8 Å². The number of hydrogen-bond donors (Lipinski definition) is 2. The Hall–Kier alpha value is -1.56. The molecule has 0 aliphatic rings. The van der Waals surface area contributed by atoms with Crippen molar-refractivity contribution in [1.29, 1.82) is 0 Å². The summed E-state index contributed by atoms with van der Waals surface area (Å²) in [5, 5.41) is 13.0. The maximum Gasteiger partial charge on any atom is 0.321 e. The zero-order chi connectivity index (χ0) is 14.6. The second-order valence-corrected chi connectivity index (χ2v) is 6.20. The quantitative estimate of drug-likeness (QED) is 0.496. The normalized spacial score (nSPS) is 13.1. The number of amides is 1. The van der Waals surface area contributed by atoms with E-state index in [9.17, 15) is 14.9 Å². The van der Waals surface area contributed by atoms with E-state index in [4.69, 9.17) is 11.6 Å². The number of carbonyl (C=O) groups excluding carboxylic acids is 1. The lowest BCUT2D eigenvalue weighted by Crippen LogP contribution is -2.31. The highest BCUT2D eigenvalue weighted by atomic mass is 35.5. The largest absolute Gasteiger partial charge is 0.358 e. The lowest BCUT2D eigenvalue weighted by molar-refractivity contribution is -0.389. The highest BCUT2D eigenvalue weighted by Gasteiger charge is 2.19. The second-order valence-electron chi connectivity index (χ2n) is 5.59. The lowest BCUT2D eigenvalue weighted by Gasteiger charge is -2.21. The third kappa shape index (κ3) is 5.30. The van der Waals surface area contributed by atoms with E-state index in [1.165, 1.54) is 12.1 Å². The smallest absolute Gasteiger partial charge is 0.321 e. The van der Waals surface area contributed by atoms with E-state index in [2.05, 4.69) is 31.1 Å². The molecule has 0 spiro atoms. The number of aromatic amines is 1. The van der Waals surface area contributed by atoms with Gasteiger partial charge >= 0.3 is 5.82 Å². The van der Waals surface area contributed by atoms with Gasteiger partial charge in [0.15, 0.2) is 5.69 Å². The summed E-state index contributed by atoms with van der Waals surface area (Å²) >= 11 is 6.12. The van der Waals surface area contributed by atoms with Gasteiger partial charge in [-0.3, -0.25) is 4.79 Å². The number of aromatic nitrogens is 1. The predicted octanol–water partition coefficient (Wildman–Crippen LogP) is 2.70. The number of halogens is 1. The zero-order valence-electron chi connectivity index (χ0n) is 11.2. The third-order valence-corrected chi connectivity index (χ3v) is 2.74. The molecular formula is C12H18ClN3O3. The van der Waals surface area contributed by atoms with Crippen LogP contribution in [0.1, 0.15) is 37.7 Å². The van der Waals surface area contributed by atoms with Crippen LogP contribution in [0.25, 0.3) is 0 Å². The molecule has 1 heterocycles. The van der Waals surface area contributed by atoms with Crippen molar-refractivity contribution >= 4 is 23.3 Å². The Morgan fingerprint density at radius 2 is 2.16 bits per heavy atom. The number of hydrogen-bond acceptors (Lipinski definition) is 3. The number of carbonyl (C=O) groups is 1. The minimum atomic E-state index is -0.583. The summed E-state index contributed by atoms with van der Waals surface area (Å²) in [6, 6.07) is 2.63. The maximum absolute atomic E-state index is 11.7. The molecule has 1 aromatic rings. The Labute approximate surface area is 116 Å². The van der Waals surface area contributed by atoms with Crippen molar-refractivity contribution < 1.29 is 9.72 Å². The number of rotatable bonds is 5. The van der Waals surface area contributed by atoms with Crippen LogP contribution >= 0.6 is 11.6 Å². The summed E-state index contributed by atoms with van der Waals surface area (Å²) < 4.78 is 0. The van der Waals surface area contributed by atoms with Gasteiger partial charge in [-0.15, -0.1) is 11.6 Å². The molecule has 1 atom stereocenters. The molecule has 0 aromatic carbocycles. The van der Waals surface area contributed by atoms with Gasteiger partial charge in [-0.25, -0.2) is 4.98 Å². The molecule has 1 rings (SSSR count). The molecule has 0 bridgehead atoms. The fraction of sp³-hybridized carbons (Fsp3) is 0.583. The zero-order valence-corrected chi connectivity index (χ0v) is 12.0. The van der Waals surface area contributed by atoms with Crippen molar-refractivity contribution in [2.75, 3.05) is 6.54 Å². The Morgan fingerprint density at radius 1 is 1.53 bits per heavy atom. The molecule has 0 saturated carbocycles. The molecule has 7 heteroatoms. The van der Waals surface area contributed by atoms with Gasteiger partial charge in [0.25, 0.3) is 5.91 Å². The van der Waals surface area contributed by atoms with Crippen molar-refractivity contribution in [2.24, 2.45) is 5.41 Å². The topological polar surface area (TPSA) is 88.0 Å². The van der Waals surface area contributed by atoms with Gasteiger partial charge in [-0.05, 0) is 22.8 Å². The van der Waals surface area contributed by atoms with Crippen LogP contribution in [0.3, 0.4) is 0 Å². The summed E-state index contributed by atoms with van der Waals surface area (Å²) in [4.78, 5) is 24.1. The summed E-state index contributed by atoms with van der Waals surface area (Å²) in [5.74, 6) is -0.602. The van der Waals surface area contributed by atoms with E-state index in [0.717, 1.165) is 6.42 Å². The van der Waals surface area contributed by atoms with Crippen molar-refractivity contribution in [1.82, 2.24) is 10.3 Å².